The number of aliphatic carboxylic acids is 1. The van der Waals surface area contributed by atoms with Gasteiger partial charge in [-0.3, -0.25) is 14.4 Å². The van der Waals surface area contributed by atoms with E-state index in [0.717, 1.165) is 5.56 Å². The molecule has 0 saturated carbocycles. The van der Waals surface area contributed by atoms with Crippen LogP contribution in [-0.4, -0.2) is 79.6 Å². The molecule has 3 N–H and O–H groups in total. The van der Waals surface area contributed by atoms with Crippen LogP contribution in [0.4, 0.5) is 0 Å². The van der Waals surface area contributed by atoms with E-state index in [-0.39, 0.29) is 51.9 Å². The number of hydrogen-bond acceptors (Lipinski definition) is 12. The molecule has 55 heavy (non-hydrogen) atoms. The molecule has 0 radical (unpaired) electrons. The molecule has 5 rings (SSSR count). The zero-order chi connectivity index (χ0) is 39.7. The van der Waals surface area contributed by atoms with Gasteiger partial charge in [-0.25, -0.2) is 8.42 Å². The van der Waals surface area contributed by atoms with Crippen molar-refractivity contribution in [3.05, 3.63) is 100 Å². The van der Waals surface area contributed by atoms with Crippen molar-refractivity contribution in [2.75, 3.05) is 48.2 Å². The highest BCUT2D eigenvalue weighted by Gasteiger charge is 2.26. The Bertz CT molecular complexity index is 2320. The molecular formula is C39H40N2O13S. The van der Waals surface area contributed by atoms with Crippen LogP contribution in [0.1, 0.15) is 22.3 Å². The van der Waals surface area contributed by atoms with Gasteiger partial charge in [0.25, 0.3) is 5.91 Å². The number of hydrogen-bond donors (Lipinski definition) is 3. The van der Waals surface area contributed by atoms with E-state index in [2.05, 4.69) is 10.0 Å². The molecule has 1 amide bonds. The lowest BCUT2D eigenvalue weighted by molar-refractivity contribution is -0.138. The number of amides is 1. The van der Waals surface area contributed by atoms with Gasteiger partial charge in [-0.1, -0.05) is 17.7 Å². The third kappa shape index (κ3) is 9.46. The number of sulfonamides is 1. The minimum absolute atomic E-state index is 0.0494. The normalized spacial score (nSPS) is 11.7. The van der Waals surface area contributed by atoms with E-state index in [1.54, 1.807) is 61.5 Å². The van der Waals surface area contributed by atoms with Crippen LogP contribution in [0.5, 0.6) is 34.5 Å². The molecule has 1 aromatic heterocycles. The molecule has 0 spiro atoms. The van der Waals surface area contributed by atoms with Crippen molar-refractivity contribution in [1.82, 2.24) is 10.0 Å². The monoisotopic (exact) mass is 776 g/mol. The number of methoxy groups -OCH3 is 4. The average Bonchev–Trinajstić information content (AvgIpc) is 3.19. The fourth-order valence-electron chi connectivity index (χ4n) is 5.40. The lowest BCUT2D eigenvalue weighted by atomic mass is 10.1. The number of carboxylic acids is 1. The molecule has 5 aromatic rings. The fourth-order valence-corrected chi connectivity index (χ4v) is 6.58. The Labute approximate surface area is 316 Å². The van der Waals surface area contributed by atoms with Gasteiger partial charge in [0.05, 0.1) is 46.5 Å². The first-order valence-electron chi connectivity index (χ1n) is 16.8. The molecule has 0 aliphatic rings. The van der Waals surface area contributed by atoms with Gasteiger partial charge >= 0.3 is 5.97 Å². The number of rotatable bonds is 18. The molecule has 4 aromatic carbocycles. The van der Waals surface area contributed by atoms with Crippen LogP contribution >= 0.6 is 0 Å². The summed E-state index contributed by atoms with van der Waals surface area (Å²) in [5.74, 6) is 0.0394. The summed E-state index contributed by atoms with van der Waals surface area (Å²) in [5.41, 5.74) is 1.29. The number of ether oxygens (including phenoxy) is 6. The van der Waals surface area contributed by atoms with Gasteiger partial charge in [0.1, 0.15) is 34.3 Å². The summed E-state index contributed by atoms with van der Waals surface area (Å²) in [6.07, 6.45) is 0.347. The molecule has 1 heterocycles. The van der Waals surface area contributed by atoms with Crippen LogP contribution in [0.2, 0.25) is 0 Å². The number of carbonyl (C=O) groups excluding carboxylic acids is 1. The first-order chi connectivity index (χ1) is 26.4. The molecule has 0 fully saturated rings. The zero-order valence-electron chi connectivity index (χ0n) is 30.7. The summed E-state index contributed by atoms with van der Waals surface area (Å²) >= 11 is 0. The summed E-state index contributed by atoms with van der Waals surface area (Å²) in [7, 11) is 1.78. The Hall–Kier alpha value is -6.26. The maximum atomic E-state index is 13.9. The minimum atomic E-state index is -4.15. The summed E-state index contributed by atoms with van der Waals surface area (Å²) in [6.45, 7) is 1.53. The molecule has 0 saturated heterocycles. The van der Waals surface area contributed by atoms with Crippen molar-refractivity contribution in [3.63, 3.8) is 0 Å². The first kappa shape index (κ1) is 39.9. The van der Waals surface area contributed by atoms with Crippen LogP contribution in [0.15, 0.2) is 93.0 Å². The second kappa shape index (κ2) is 17.7. The highest BCUT2D eigenvalue weighted by molar-refractivity contribution is 7.89. The standard InChI is InChI=1S/C39H40N2O13S/c1-23-7-14-28(15-8-23)55(46,47)41-29(39(44)45)22-40-38(43)24-9-12-26(13-10-24)52-17-6-18-53-37-35(42)34-32(51-5)20-27(48-2)21-33(34)54-36(37)25-11-16-30(49-3)31(19-25)50-4/h7-16,19-21,29,41H,6,17-18,22H2,1-5H3,(H,40,43)(H,44,45). The molecule has 0 bridgehead atoms. The van der Waals surface area contributed by atoms with E-state index in [4.69, 9.17) is 32.8 Å². The minimum Gasteiger partial charge on any atom is -0.496 e. The predicted molar refractivity (Wildman–Crippen MR) is 201 cm³/mol. The van der Waals surface area contributed by atoms with Crippen molar-refractivity contribution in [2.45, 2.75) is 24.3 Å². The summed E-state index contributed by atoms with van der Waals surface area (Å²) in [6, 6.07) is 18.6. The highest BCUT2D eigenvalue weighted by Crippen LogP contribution is 2.39. The molecule has 290 valence electrons. The van der Waals surface area contributed by atoms with Crippen LogP contribution in [-0.2, 0) is 14.8 Å². The Morgan fingerprint density at radius 1 is 0.782 bits per heavy atom. The SMILES string of the molecule is COc1cc(OC)c2c(=O)c(OCCCOc3ccc(C(=O)NCC(NS(=O)(=O)c4ccc(C)cc4)C(=O)O)cc3)c(-c3ccc(OC)c(OC)c3)oc2c1. The number of nitrogens with one attached hydrogen (secondary N) is 2. The number of benzene rings is 4. The van der Waals surface area contributed by atoms with E-state index in [1.165, 1.54) is 52.7 Å². The Balaban J connectivity index is 1.22. The van der Waals surface area contributed by atoms with Gasteiger partial charge in [0, 0.05) is 36.2 Å². The fraction of sp³-hybridized carbons (Fsp3) is 0.256. The lowest BCUT2D eigenvalue weighted by Crippen LogP contribution is -2.48. The topological polar surface area (TPSA) is 198 Å². The van der Waals surface area contributed by atoms with Gasteiger partial charge in [0.15, 0.2) is 17.3 Å². The van der Waals surface area contributed by atoms with Gasteiger partial charge in [-0.05, 0) is 61.5 Å². The van der Waals surface area contributed by atoms with Gasteiger partial charge in [-0.15, -0.1) is 0 Å². The quantitative estimate of drug-likeness (QED) is 0.103. The highest BCUT2D eigenvalue weighted by atomic mass is 32.2. The molecule has 0 aliphatic carbocycles. The molecule has 1 atom stereocenters. The van der Waals surface area contributed by atoms with E-state index in [0.29, 0.717) is 35.0 Å². The maximum Gasteiger partial charge on any atom is 0.323 e. The predicted octanol–water partition coefficient (Wildman–Crippen LogP) is 4.81. The molecule has 1 unspecified atom stereocenters. The zero-order valence-corrected chi connectivity index (χ0v) is 31.5. The van der Waals surface area contributed by atoms with E-state index >= 15 is 0 Å². The second-order valence-electron chi connectivity index (χ2n) is 12.0. The van der Waals surface area contributed by atoms with E-state index in [9.17, 15) is 27.9 Å². The summed E-state index contributed by atoms with van der Waals surface area (Å²) < 4.78 is 67.3. The van der Waals surface area contributed by atoms with Crippen molar-refractivity contribution in [3.8, 4) is 45.8 Å². The number of carboxylic acid groups (broad SMARTS) is 1. The number of carbonyl (C=O) groups is 2. The smallest absolute Gasteiger partial charge is 0.323 e. The van der Waals surface area contributed by atoms with Crippen molar-refractivity contribution < 1.29 is 56.0 Å². The Morgan fingerprint density at radius 3 is 2.09 bits per heavy atom. The van der Waals surface area contributed by atoms with Crippen molar-refractivity contribution >= 4 is 32.9 Å². The van der Waals surface area contributed by atoms with Crippen LogP contribution in [0.25, 0.3) is 22.3 Å². The number of aryl methyl sites for hydroxylation is 1. The van der Waals surface area contributed by atoms with Crippen molar-refractivity contribution in [1.29, 1.82) is 0 Å². The summed E-state index contributed by atoms with van der Waals surface area (Å²) in [5, 5.41) is 12.2. The third-order valence-electron chi connectivity index (χ3n) is 8.31. The van der Waals surface area contributed by atoms with Crippen LogP contribution in [0, 0.1) is 6.92 Å². The molecule has 16 heteroatoms. The van der Waals surface area contributed by atoms with Crippen molar-refractivity contribution in [2.24, 2.45) is 0 Å². The van der Waals surface area contributed by atoms with Crippen LogP contribution < -0.4 is 43.9 Å². The third-order valence-corrected chi connectivity index (χ3v) is 9.79. The Kier molecular flexibility index (Phi) is 12.9. The van der Waals surface area contributed by atoms with Gasteiger partial charge < -0.3 is 43.3 Å². The first-order valence-corrected chi connectivity index (χ1v) is 18.3. The Morgan fingerprint density at radius 2 is 1.45 bits per heavy atom. The molecule has 0 aliphatic heterocycles. The average molecular weight is 777 g/mol. The van der Waals surface area contributed by atoms with Crippen LogP contribution in [0.3, 0.4) is 0 Å². The largest absolute Gasteiger partial charge is 0.496 e. The molecule has 15 nitrogen and oxygen atoms in total. The number of fused-ring (bicyclic) bond motifs is 1. The van der Waals surface area contributed by atoms with Gasteiger partial charge in [0.2, 0.25) is 21.2 Å². The molecular weight excluding hydrogens is 736 g/mol. The summed E-state index contributed by atoms with van der Waals surface area (Å²) in [4.78, 5) is 38.4. The van der Waals surface area contributed by atoms with E-state index < -0.39 is 39.9 Å². The second-order valence-corrected chi connectivity index (χ2v) is 13.7. The van der Waals surface area contributed by atoms with Gasteiger partial charge in [-0.2, -0.15) is 4.72 Å². The van der Waals surface area contributed by atoms with E-state index in [1.807, 2.05) is 0 Å². The maximum absolute atomic E-state index is 13.9. The lowest BCUT2D eigenvalue weighted by Gasteiger charge is -2.16.